The van der Waals surface area contributed by atoms with E-state index >= 15 is 0 Å². The predicted molar refractivity (Wildman–Crippen MR) is 255 cm³/mol. The first kappa shape index (κ1) is 31.9. The third kappa shape index (κ3) is 4.25. The molecule has 0 spiro atoms. The summed E-state index contributed by atoms with van der Waals surface area (Å²) in [7, 11) is 0. The van der Waals surface area contributed by atoms with Crippen molar-refractivity contribution in [1.82, 2.24) is 8.80 Å². The van der Waals surface area contributed by atoms with E-state index in [1.54, 1.807) is 0 Å². The van der Waals surface area contributed by atoms with Crippen molar-refractivity contribution in [3.8, 4) is 11.1 Å². The van der Waals surface area contributed by atoms with Crippen molar-refractivity contribution in [2.24, 2.45) is 0 Å². The lowest BCUT2D eigenvalue weighted by Gasteiger charge is -2.27. The zero-order chi connectivity index (χ0) is 38.3. The molecule has 59 heavy (non-hydrogen) atoms. The van der Waals surface area contributed by atoms with Crippen molar-refractivity contribution in [2.75, 3.05) is 4.90 Å². The van der Waals surface area contributed by atoms with E-state index in [1.807, 2.05) is 22.7 Å². The second-order valence-corrected chi connectivity index (χ2v) is 17.8. The minimum atomic E-state index is 1.11. The molecule has 0 saturated heterocycles. The molecule has 0 unspecified atom stereocenters. The lowest BCUT2D eigenvalue weighted by atomic mass is 10.0. The van der Waals surface area contributed by atoms with Gasteiger partial charge in [0.1, 0.15) is 0 Å². The Morgan fingerprint density at radius 1 is 0.356 bits per heavy atom. The summed E-state index contributed by atoms with van der Waals surface area (Å²) < 4.78 is 10.3. The van der Waals surface area contributed by atoms with Crippen molar-refractivity contribution < 1.29 is 0 Å². The minimum absolute atomic E-state index is 1.11. The molecule has 0 radical (unpaired) electrons. The molecule has 0 aliphatic rings. The van der Waals surface area contributed by atoms with E-state index in [-0.39, 0.29) is 0 Å². The van der Waals surface area contributed by atoms with E-state index in [2.05, 4.69) is 202 Å². The van der Waals surface area contributed by atoms with Gasteiger partial charge in [0.2, 0.25) is 0 Å². The standard InChI is InChI=1S/C54H31N3S2/c1-5-17-43-36(11-1)39-28-29-40-37-12-2-6-18-44(37)57-47-31-34(27-30-45(47)56(43)52(39)53(40)57)55(46-19-10-22-50-51(46)42-14-4-8-21-49(42)58-50)33-25-23-32(24-26-33)35-15-9-16-41-38-13-3-7-20-48(38)59-54(35)41/h1-31H. The average Bonchev–Trinajstić information content (AvgIpc) is 4.05. The first-order valence-corrected chi connectivity index (χ1v) is 21.7. The number of thiophene rings is 2. The van der Waals surface area contributed by atoms with E-state index in [9.17, 15) is 0 Å². The Kier molecular flexibility index (Phi) is 6.32. The van der Waals surface area contributed by atoms with Crippen molar-refractivity contribution in [2.45, 2.75) is 0 Å². The molecule has 0 saturated carbocycles. The minimum Gasteiger partial charge on any atom is -0.310 e. The average molecular weight is 786 g/mol. The van der Waals surface area contributed by atoms with E-state index in [0.717, 1.165) is 11.4 Å². The third-order valence-corrected chi connectivity index (χ3v) is 15.0. The van der Waals surface area contributed by atoms with Gasteiger partial charge in [-0.2, -0.15) is 0 Å². The van der Waals surface area contributed by atoms with Gasteiger partial charge in [-0.25, -0.2) is 0 Å². The summed E-state index contributed by atoms with van der Waals surface area (Å²) in [6.07, 6.45) is 0. The lowest BCUT2D eigenvalue weighted by Crippen LogP contribution is -2.11. The van der Waals surface area contributed by atoms with Gasteiger partial charge in [-0.3, -0.25) is 0 Å². The first-order chi connectivity index (χ1) is 29.3. The van der Waals surface area contributed by atoms with Crippen LogP contribution in [-0.2, 0) is 0 Å². The molecule has 14 rings (SSSR count). The van der Waals surface area contributed by atoms with Gasteiger partial charge in [-0.05, 0) is 77.9 Å². The summed E-state index contributed by atoms with van der Waals surface area (Å²) in [4.78, 5) is 2.48. The summed E-state index contributed by atoms with van der Waals surface area (Å²) >= 11 is 3.75. The molecule has 0 fully saturated rings. The van der Waals surface area contributed by atoms with Crippen LogP contribution < -0.4 is 4.90 Å². The summed E-state index contributed by atoms with van der Waals surface area (Å²) in [5.41, 5.74) is 13.3. The fourth-order valence-corrected chi connectivity index (χ4v) is 12.5. The number of aromatic nitrogens is 2. The molecule has 274 valence electrons. The monoisotopic (exact) mass is 785 g/mol. The molecule has 3 nitrogen and oxygen atoms in total. The van der Waals surface area contributed by atoms with E-state index in [1.165, 1.54) is 112 Å². The van der Waals surface area contributed by atoms with Crippen LogP contribution in [0.4, 0.5) is 17.1 Å². The number of hydrogen-bond donors (Lipinski definition) is 0. The first-order valence-electron chi connectivity index (χ1n) is 20.1. The Morgan fingerprint density at radius 3 is 1.68 bits per heavy atom. The summed E-state index contributed by atoms with van der Waals surface area (Å²) in [6.45, 7) is 0. The molecular formula is C54H31N3S2. The number of fused-ring (bicyclic) bond motifs is 15. The number of benzene rings is 9. The van der Waals surface area contributed by atoms with Crippen LogP contribution in [0.15, 0.2) is 188 Å². The van der Waals surface area contributed by atoms with Crippen LogP contribution >= 0.6 is 22.7 Å². The molecule has 0 atom stereocenters. The molecule has 0 aliphatic carbocycles. The van der Waals surface area contributed by atoms with Crippen LogP contribution in [0.25, 0.3) is 106 Å². The van der Waals surface area contributed by atoms with Crippen LogP contribution in [0.1, 0.15) is 0 Å². The molecule has 9 aromatic carbocycles. The highest BCUT2D eigenvalue weighted by Crippen LogP contribution is 2.48. The largest absolute Gasteiger partial charge is 0.310 e. The van der Waals surface area contributed by atoms with Gasteiger partial charge in [0.25, 0.3) is 0 Å². The van der Waals surface area contributed by atoms with Gasteiger partial charge < -0.3 is 13.7 Å². The lowest BCUT2D eigenvalue weighted by molar-refractivity contribution is 1.24. The van der Waals surface area contributed by atoms with Crippen LogP contribution in [0, 0.1) is 0 Å². The molecule has 0 bridgehead atoms. The van der Waals surface area contributed by atoms with Crippen molar-refractivity contribution in [1.29, 1.82) is 0 Å². The predicted octanol–water partition coefficient (Wildman–Crippen LogP) is 16.1. The molecule has 5 aromatic heterocycles. The third-order valence-electron chi connectivity index (χ3n) is 12.6. The Morgan fingerprint density at radius 2 is 0.932 bits per heavy atom. The number of hydrogen-bond acceptors (Lipinski definition) is 3. The maximum Gasteiger partial charge on any atom is 0.0789 e. The van der Waals surface area contributed by atoms with Crippen molar-refractivity contribution >= 4 is 135 Å². The molecule has 5 heteroatoms. The Hall–Kier alpha value is -7.18. The fourth-order valence-electron chi connectivity index (χ4n) is 10.2. The topological polar surface area (TPSA) is 12.1 Å². The fraction of sp³-hybridized carbons (Fsp3) is 0. The molecule has 14 aromatic rings. The van der Waals surface area contributed by atoms with Gasteiger partial charge in [0.05, 0.1) is 38.8 Å². The number of nitrogens with zero attached hydrogens (tertiary/aromatic N) is 3. The molecule has 0 aliphatic heterocycles. The van der Waals surface area contributed by atoms with Crippen LogP contribution in [0.2, 0.25) is 0 Å². The van der Waals surface area contributed by atoms with Gasteiger partial charge in [-0.1, -0.05) is 121 Å². The zero-order valence-corrected chi connectivity index (χ0v) is 33.2. The molecule has 0 N–H and O–H groups in total. The maximum atomic E-state index is 2.53. The van der Waals surface area contributed by atoms with Gasteiger partial charge in [0, 0.05) is 73.3 Å². The summed E-state index contributed by atoms with van der Waals surface area (Å²) in [6, 6.07) is 69.9. The van der Waals surface area contributed by atoms with Crippen LogP contribution in [0.5, 0.6) is 0 Å². The van der Waals surface area contributed by atoms with E-state index in [4.69, 9.17) is 0 Å². The second kappa shape index (κ2) is 11.7. The maximum absolute atomic E-state index is 2.53. The molecule has 5 heterocycles. The van der Waals surface area contributed by atoms with E-state index in [0.29, 0.717) is 0 Å². The van der Waals surface area contributed by atoms with Gasteiger partial charge in [0.15, 0.2) is 0 Å². The summed E-state index contributed by atoms with van der Waals surface area (Å²) in [5, 5.41) is 10.3. The number of para-hydroxylation sites is 2. The SMILES string of the molecule is c1ccc2c(c1)sc1c(-c3ccc(N(c4ccc5c(c4)n4c6ccccc6c6ccc7c8ccccc8n5c7c64)c4cccc5sc6ccccc6c45)cc3)cccc12. The van der Waals surface area contributed by atoms with Crippen molar-refractivity contribution in [3.63, 3.8) is 0 Å². The normalized spacial score (nSPS) is 12.4. The number of rotatable bonds is 4. The molecule has 0 amide bonds. The highest BCUT2D eigenvalue weighted by Gasteiger charge is 2.24. The van der Waals surface area contributed by atoms with E-state index < -0.39 is 0 Å². The Labute approximate surface area is 345 Å². The van der Waals surface area contributed by atoms with Gasteiger partial charge >= 0.3 is 0 Å². The van der Waals surface area contributed by atoms with Crippen LogP contribution in [-0.4, -0.2) is 8.80 Å². The van der Waals surface area contributed by atoms with Crippen molar-refractivity contribution in [3.05, 3.63) is 188 Å². The number of anilines is 3. The van der Waals surface area contributed by atoms with Gasteiger partial charge in [-0.15, -0.1) is 22.7 Å². The Bertz CT molecular complexity index is 4030. The summed E-state index contributed by atoms with van der Waals surface area (Å²) in [5.74, 6) is 0. The highest BCUT2D eigenvalue weighted by atomic mass is 32.1. The zero-order valence-electron chi connectivity index (χ0n) is 31.6. The smallest absolute Gasteiger partial charge is 0.0789 e. The Balaban J connectivity index is 1.06. The molecular weight excluding hydrogens is 755 g/mol. The second-order valence-electron chi connectivity index (χ2n) is 15.6. The highest BCUT2D eigenvalue weighted by molar-refractivity contribution is 7.26. The van der Waals surface area contributed by atoms with Crippen LogP contribution in [0.3, 0.4) is 0 Å². The quantitative estimate of drug-likeness (QED) is 0.162.